The number of carbonyl (C=O) groups is 2. The Kier molecular flexibility index (Phi) is 6.15. The molecule has 0 spiro atoms. The highest BCUT2D eigenvalue weighted by atomic mass is 79.9. The fraction of sp³-hybridized carbons (Fsp3) is 0.263. The Hall–Kier alpha value is -2.14. The number of para-hydroxylation sites is 1. The lowest BCUT2D eigenvalue weighted by Gasteiger charge is -2.22. The van der Waals surface area contributed by atoms with Crippen molar-refractivity contribution in [2.24, 2.45) is 0 Å². The van der Waals surface area contributed by atoms with E-state index in [1.54, 1.807) is 4.90 Å². The molecular weight excluding hydrogens is 368 g/mol. The molecule has 4 nitrogen and oxygen atoms in total. The number of rotatable bonds is 5. The van der Waals surface area contributed by atoms with Crippen molar-refractivity contribution in [1.82, 2.24) is 0 Å². The number of anilines is 2. The van der Waals surface area contributed by atoms with Crippen LogP contribution in [-0.4, -0.2) is 18.4 Å². The molecule has 2 aromatic carbocycles. The third kappa shape index (κ3) is 4.93. The molecule has 2 aromatic rings. The van der Waals surface area contributed by atoms with Crippen molar-refractivity contribution in [1.29, 1.82) is 0 Å². The van der Waals surface area contributed by atoms with Gasteiger partial charge in [-0.1, -0.05) is 18.2 Å². The number of hydrogen-bond donors (Lipinski definition) is 1. The van der Waals surface area contributed by atoms with Gasteiger partial charge in [-0.05, 0) is 65.2 Å². The average Bonchev–Trinajstić information content (AvgIpc) is 2.48. The van der Waals surface area contributed by atoms with Crippen molar-refractivity contribution in [2.75, 3.05) is 16.8 Å². The second-order valence-electron chi connectivity index (χ2n) is 5.79. The third-order valence-electron chi connectivity index (χ3n) is 3.61. The quantitative estimate of drug-likeness (QED) is 0.822. The largest absolute Gasteiger partial charge is 0.325 e. The van der Waals surface area contributed by atoms with E-state index in [1.807, 2.05) is 50.2 Å². The van der Waals surface area contributed by atoms with Crippen molar-refractivity contribution in [3.63, 3.8) is 0 Å². The first-order chi connectivity index (χ1) is 11.4. The van der Waals surface area contributed by atoms with Crippen LogP contribution in [0.4, 0.5) is 11.4 Å². The van der Waals surface area contributed by atoms with E-state index in [4.69, 9.17) is 0 Å². The molecule has 0 unspecified atom stereocenters. The Labute approximate surface area is 151 Å². The van der Waals surface area contributed by atoms with Crippen molar-refractivity contribution < 1.29 is 9.59 Å². The Bertz CT molecular complexity index is 739. The molecule has 2 rings (SSSR count). The zero-order chi connectivity index (χ0) is 17.7. The molecule has 5 heteroatoms. The first-order valence-electron chi connectivity index (χ1n) is 7.77. The molecule has 0 fully saturated rings. The number of carbonyl (C=O) groups excluding carboxylic acids is 2. The highest BCUT2D eigenvalue weighted by molar-refractivity contribution is 9.10. The normalized spacial score (nSPS) is 10.3. The summed E-state index contributed by atoms with van der Waals surface area (Å²) in [6.07, 6.45) is 0.230. The van der Waals surface area contributed by atoms with Crippen molar-refractivity contribution in [3.05, 3.63) is 58.1 Å². The zero-order valence-electron chi connectivity index (χ0n) is 14.1. The number of hydrogen-bond acceptors (Lipinski definition) is 2. The molecule has 0 aliphatic carbocycles. The van der Waals surface area contributed by atoms with Crippen LogP contribution >= 0.6 is 15.9 Å². The van der Waals surface area contributed by atoms with E-state index in [0.29, 0.717) is 6.54 Å². The van der Waals surface area contributed by atoms with Crippen LogP contribution in [0.5, 0.6) is 0 Å². The number of aryl methyl sites for hydroxylation is 2. The number of amides is 2. The van der Waals surface area contributed by atoms with Crippen LogP contribution in [0.25, 0.3) is 0 Å². The Morgan fingerprint density at radius 3 is 2.29 bits per heavy atom. The van der Waals surface area contributed by atoms with Crippen LogP contribution in [0.15, 0.2) is 46.9 Å². The van der Waals surface area contributed by atoms with Gasteiger partial charge in [0.2, 0.25) is 11.8 Å². The molecule has 0 aliphatic heterocycles. The van der Waals surface area contributed by atoms with Gasteiger partial charge < -0.3 is 10.2 Å². The molecule has 24 heavy (non-hydrogen) atoms. The molecule has 0 aliphatic rings. The maximum Gasteiger partial charge on any atom is 0.226 e. The minimum atomic E-state index is -0.127. The minimum absolute atomic E-state index is 0.0753. The SMILES string of the molecule is CC(=O)N(CCC(=O)Nc1ccccc1Br)c1cc(C)cc(C)c1. The van der Waals surface area contributed by atoms with Gasteiger partial charge in [0.1, 0.15) is 0 Å². The summed E-state index contributed by atoms with van der Waals surface area (Å²) < 4.78 is 0.830. The van der Waals surface area contributed by atoms with Gasteiger partial charge in [0, 0.05) is 30.0 Å². The predicted molar refractivity (Wildman–Crippen MR) is 101 cm³/mol. The summed E-state index contributed by atoms with van der Waals surface area (Å²) in [4.78, 5) is 25.8. The van der Waals surface area contributed by atoms with Gasteiger partial charge in [-0.2, -0.15) is 0 Å². The van der Waals surface area contributed by atoms with Gasteiger partial charge in [0.25, 0.3) is 0 Å². The monoisotopic (exact) mass is 388 g/mol. The van der Waals surface area contributed by atoms with E-state index in [1.165, 1.54) is 6.92 Å². The zero-order valence-corrected chi connectivity index (χ0v) is 15.7. The van der Waals surface area contributed by atoms with Gasteiger partial charge in [-0.25, -0.2) is 0 Å². The minimum Gasteiger partial charge on any atom is -0.325 e. The number of halogens is 1. The summed E-state index contributed by atoms with van der Waals surface area (Å²) in [5.74, 6) is -0.203. The molecule has 0 atom stereocenters. The summed E-state index contributed by atoms with van der Waals surface area (Å²) in [6, 6.07) is 13.4. The standard InChI is InChI=1S/C19H21BrN2O2/c1-13-10-14(2)12-16(11-13)22(15(3)23)9-8-19(24)21-18-7-5-4-6-17(18)20/h4-7,10-12H,8-9H2,1-3H3,(H,21,24). The highest BCUT2D eigenvalue weighted by Crippen LogP contribution is 2.22. The maximum absolute atomic E-state index is 12.2. The van der Waals surface area contributed by atoms with Crippen LogP contribution in [0.2, 0.25) is 0 Å². The Balaban J connectivity index is 2.05. The van der Waals surface area contributed by atoms with E-state index in [9.17, 15) is 9.59 Å². The van der Waals surface area contributed by atoms with Gasteiger partial charge in [-0.15, -0.1) is 0 Å². The van der Waals surface area contributed by atoms with Crippen LogP contribution < -0.4 is 10.2 Å². The molecule has 2 amide bonds. The summed E-state index contributed by atoms with van der Waals surface area (Å²) >= 11 is 3.40. The maximum atomic E-state index is 12.2. The van der Waals surface area contributed by atoms with Gasteiger partial charge in [-0.3, -0.25) is 9.59 Å². The molecule has 1 N–H and O–H groups in total. The van der Waals surface area contributed by atoms with Crippen molar-refractivity contribution >= 4 is 39.1 Å². The Morgan fingerprint density at radius 2 is 1.71 bits per heavy atom. The Morgan fingerprint density at radius 1 is 1.08 bits per heavy atom. The van der Waals surface area contributed by atoms with Gasteiger partial charge in [0.05, 0.1) is 5.69 Å². The second-order valence-corrected chi connectivity index (χ2v) is 6.65. The average molecular weight is 389 g/mol. The first kappa shape index (κ1) is 18.2. The lowest BCUT2D eigenvalue weighted by Crippen LogP contribution is -2.32. The van der Waals surface area contributed by atoms with E-state index in [2.05, 4.69) is 27.3 Å². The predicted octanol–water partition coefficient (Wildman–Crippen LogP) is 4.45. The molecule has 0 saturated carbocycles. The molecule has 0 heterocycles. The first-order valence-corrected chi connectivity index (χ1v) is 8.57. The topological polar surface area (TPSA) is 49.4 Å². The van der Waals surface area contributed by atoms with E-state index < -0.39 is 0 Å². The lowest BCUT2D eigenvalue weighted by molar-refractivity contribution is -0.117. The second kappa shape index (κ2) is 8.11. The summed E-state index contributed by atoms with van der Waals surface area (Å²) in [5, 5.41) is 2.85. The van der Waals surface area contributed by atoms with Crippen LogP contribution in [-0.2, 0) is 9.59 Å². The van der Waals surface area contributed by atoms with Crippen molar-refractivity contribution in [3.8, 4) is 0 Å². The fourth-order valence-corrected chi connectivity index (χ4v) is 2.95. The summed E-state index contributed by atoms with van der Waals surface area (Å²) in [6.45, 7) is 5.85. The number of nitrogens with zero attached hydrogens (tertiary/aromatic N) is 1. The molecule has 0 saturated heterocycles. The van der Waals surface area contributed by atoms with E-state index in [0.717, 1.165) is 27.0 Å². The van der Waals surface area contributed by atoms with Crippen LogP contribution in [0, 0.1) is 13.8 Å². The third-order valence-corrected chi connectivity index (χ3v) is 4.30. The summed E-state index contributed by atoms with van der Waals surface area (Å²) in [5.41, 5.74) is 3.74. The van der Waals surface area contributed by atoms with Crippen molar-refractivity contribution in [2.45, 2.75) is 27.2 Å². The van der Waals surface area contributed by atoms with E-state index in [-0.39, 0.29) is 18.2 Å². The van der Waals surface area contributed by atoms with Gasteiger partial charge in [0.15, 0.2) is 0 Å². The fourth-order valence-electron chi connectivity index (χ4n) is 2.56. The van der Waals surface area contributed by atoms with E-state index >= 15 is 0 Å². The molecule has 126 valence electrons. The number of nitrogens with one attached hydrogen (secondary N) is 1. The summed E-state index contributed by atoms with van der Waals surface area (Å²) in [7, 11) is 0. The smallest absolute Gasteiger partial charge is 0.226 e. The highest BCUT2D eigenvalue weighted by Gasteiger charge is 2.14. The van der Waals surface area contributed by atoms with Crippen LogP contribution in [0.1, 0.15) is 24.5 Å². The molecule has 0 radical (unpaired) electrons. The molecular formula is C19H21BrN2O2. The molecule has 0 bridgehead atoms. The van der Waals surface area contributed by atoms with Gasteiger partial charge >= 0.3 is 0 Å². The number of benzene rings is 2. The van der Waals surface area contributed by atoms with Crippen LogP contribution in [0.3, 0.4) is 0 Å². The lowest BCUT2D eigenvalue weighted by atomic mass is 10.1. The molecule has 0 aromatic heterocycles.